The van der Waals surface area contributed by atoms with Crippen LogP contribution in [0.3, 0.4) is 0 Å². The van der Waals surface area contributed by atoms with Gasteiger partial charge in [-0.15, -0.1) is 0 Å². The number of amides is 1. The summed E-state index contributed by atoms with van der Waals surface area (Å²) in [6.45, 7) is 4.29. The van der Waals surface area contributed by atoms with Crippen LogP contribution in [-0.4, -0.2) is 57.9 Å². The quantitative estimate of drug-likeness (QED) is 0.500. The highest BCUT2D eigenvalue weighted by Crippen LogP contribution is 2.35. The average Bonchev–Trinajstić information content (AvgIpc) is 3.09. The molecule has 1 aliphatic heterocycles. The van der Waals surface area contributed by atoms with Gasteiger partial charge in [-0.05, 0) is 69.6 Å². The zero-order valence-electron chi connectivity index (χ0n) is 21.8. The second-order valence-electron chi connectivity index (χ2n) is 10.5. The van der Waals surface area contributed by atoms with E-state index in [1.54, 1.807) is 18.2 Å². The summed E-state index contributed by atoms with van der Waals surface area (Å²) in [6, 6.07) is 8.07. The van der Waals surface area contributed by atoms with Crippen molar-refractivity contribution in [2.24, 2.45) is 0 Å². The van der Waals surface area contributed by atoms with Crippen LogP contribution in [0, 0.1) is 0 Å². The van der Waals surface area contributed by atoms with Crippen molar-refractivity contribution in [3.05, 3.63) is 63.3 Å². The predicted octanol–water partition coefficient (Wildman–Crippen LogP) is 4.63. The number of carbonyl (C=O) groups is 1. The van der Waals surface area contributed by atoms with Crippen LogP contribution in [0.2, 0.25) is 0 Å². The summed E-state index contributed by atoms with van der Waals surface area (Å²) in [5.74, 6) is -0.305. The minimum Gasteiger partial charge on any atom is -0.348 e. The summed E-state index contributed by atoms with van der Waals surface area (Å²) in [4.78, 5) is 31.4. The maximum absolute atomic E-state index is 15.6. The van der Waals surface area contributed by atoms with E-state index in [2.05, 4.69) is 15.2 Å². The molecule has 0 spiro atoms. The number of pyridine rings is 2. The van der Waals surface area contributed by atoms with Crippen LogP contribution in [0.25, 0.3) is 0 Å². The summed E-state index contributed by atoms with van der Waals surface area (Å²) in [7, 11) is 0. The van der Waals surface area contributed by atoms with Gasteiger partial charge in [0.15, 0.2) is 0 Å². The SMILES string of the molecule is CCn1c(C(=O)NC2CCC(F)(CCN3CCc4ccc(CCC(F)(F)F)nc4CC3)CC2)cccc1=O. The number of aromatic nitrogens is 2. The van der Waals surface area contributed by atoms with Crippen LogP contribution in [0.1, 0.15) is 72.9 Å². The van der Waals surface area contributed by atoms with Gasteiger partial charge in [0.05, 0.1) is 0 Å². The van der Waals surface area contributed by atoms with Crippen molar-refractivity contribution in [1.82, 2.24) is 19.8 Å². The van der Waals surface area contributed by atoms with E-state index in [-0.39, 0.29) is 23.9 Å². The van der Waals surface area contributed by atoms with Crippen LogP contribution in [0.4, 0.5) is 17.6 Å². The monoisotopic (exact) mass is 536 g/mol. The van der Waals surface area contributed by atoms with Gasteiger partial charge in [-0.25, -0.2) is 4.39 Å². The van der Waals surface area contributed by atoms with Gasteiger partial charge in [0.2, 0.25) is 0 Å². The Hall–Kier alpha value is -2.75. The Labute approximate surface area is 220 Å². The van der Waals surface area contributed by atoms with Crippen LogP contribution < -0.4 is 10.9 Å². The van der Waals surface area contributed by atoms with Gasteiger partial charge >= 0.3 is 6.18 Å². The summed E-state index contributed by atoms with van der Waals surface area (Å²) in [5.41, 5.74) is 1.18. The summed E-state index contributed by atoms with van der Waals surface area (Å²) >= 11 is 0. The highest BCUT2D eigenvalue weighted by Gasteiger charge is 2.36. The number of nitrogens with one attached hydrogen (secondary N) is 1. The lowest BCUT2D eigenvalue weighted by molar-refractivity contribution is -0.134. The van der Waals surface area contributed by atoms with Crippen LogP contribution in [-0.2, 0) is 25.8 Å². The van der Waals surface area contributed by atoms with E-state index in [9.17, 15) is 22.8 Å². The first-order chi connectivity index (χ1) is 18.0. The number of nitrogens with zero attached hydrogens (tertiary/aromatic N) is 3. The molecular formula is C28H36F4N4O2. The van der Waals surface area contributed by atoms with E-state index in [0.717, 1.165) is 24.2 Å². The Morgan fingerprint density at radius 1 is 1.13 bits per heavy atom. The molecule has 0 atom stereocenters. The highest BCUT2D eigenvalue weighted by atomic mass is 19.4. The van der Waals surface area contributed by atoms with Crippen LogP contribution >= 0.6 is 0 Å². The first kappa shape index (κ1) is 28.3. The number of alkyl halides is 4. The Morgan fingerprint density at radius 2 is 1.87 bits per heavy atom. The van der Waals surface area contributed by atoms with Crippen molar-refractivity contribution in [3.8, 4) is 0 Å². The minimum absolute atomic E-state index is 0.115. The van der Waals surface area contributed by atoms with E-state index >= 15 is 4.39 Å². The number of fused-ring (bicyclic) bond motifs is 1. The molecule has 10 heteroatoms. The van der Waals surface area contributed by atoms with Gasteiger partial charge in [-0.3, -0.25) is 14.6 Å². The lowest BCUT2D eigenvalue weighted by atomic mass is 9.81. The topological polar surface area (TPSA) is 67.2 Å². The first-order valence-corrected chi connectivity index (χ1v) is 13.5. The largest absolute Gasteiger partial charge is 0.389 e. The third-order valence-corrected chi connectivity index (χ3v) is 7.84. The van der Waals surface area contributed by atoms with Crippen molar-refractivity contribution in [2.45, 2.75) is 89.1 Å². The van der Waals surface area contributed by atoms with Crippen LogP contribution in [0.15, 0.2) is 35.1 Å². The zero-order chi connectivity index (χ0) is 27.3. The molecule has 0 unspecified atom stereocenters. The molecule has 0 saturated heterocycles. The molecule has 2 aromatic heterocycles. The number of hydrogen-bond donors (Lipinski definition) is 1. The Balaban J connectivity index is 1.24. The highest BCUT2D eigenvalue weighted by molar-refractivity contribution is 5.92. The standard InChI is InChI=1S/C28H36F4N4O2/c1-2-36-24(4-3-5-25(36)37)26(38)34-22-8-13-27(29,14-9-22)16-19-35-17-11-20-6-7-21(10-15-28(30,31)32)33-23(20)12-18-35/h3-7,22H,2,8-19H2,1H3,(H,34,38). The van der Waals surface area contributed by atoms with Crippen LogP contribution in [0.5, 0.6) is 0 Å². The van der Waals surface area contributed by atoms with Gasteiger partial charge in [0.1, 0.15) is 11.4 Å². The number of hydrogen-bond acceptors (Lipinski definition) is 4. The van der Waals surface area contributed by atoms with Gasteiger partial charge < -0.3 is 14.8 Å². The van der Waals surface area contributed by atoms with Gasteiger partial charge in [-0.1, -0.05) is 12.1 Å². The molecule has 0 bridgehead atoms. The van der Waals surface area contributed by atoms with Crippen molar-refractivity contribution in [2.75, 3.05) is 19.6 Å². The first-order valence-electron chi connectivity index (χ1n) is 13.5. The van der Waals surface area contributed by atoms with Gasteiger partial charge in [0.25, 0.3) is 11.5 Å². The van der Waals surface area contributed by atoms with E-state index in [0.29, 0.717) is 69.5 Å². The molecule has 208 valence electrons. The molecule has 1 fully saturated rings. The molecule has 1 saturated carbocycles. The molecular weight excluding hydrogens is 500 g/mol. The lowest BCUT2D eigenvalue weighted by Crippen LogP contribution is -2.44. The normalized spacial score (nSPS) is 22.5. The third-order valence-electron chi connectivity index (χ3n) is 7.84. The molecule has 0 aromatic carbocycles. The number of carbonyl (C=O) groups excluding carboxylic acids is 1. The molecule has 1 N–H and O–H groups in total. The Bertz CT molecular complexity index is 1170. The van der Waals surface area contributed by atoms with Gasteiger partial charge in [-0.2, -0.15) is 13.2 Å². The van der Waals surface area contributed by atoms with E-state index < -0.39 is 18.3 Å². The number of rotatable bonds is 8. The Kier molecular flexibility index (Phi) is 8.90. The maximum Gasteiger partial charge on any atom is 0.389 e. The predicted molar refractivity (Wildman–Crippen MR) is 137 cm³/mol. The second kappa shape index (κ2) is 12.0. The van der Waals surface area contributed by atoms with Crippen molar-refractivity contribution < 1.29 is 22.4 Å². The third kappa shape index (κ3) is 7.42. The molecule has 0 radical (unpaired) electrons. The maximum atomic E-state index is 15.6. The molecule has 2 aromatic rings. The van der Waals surface area contributed by atoms with E-state index in [4.69, 9.17) is 0 Å². The lowest BCUT2D eigenvalue weighted by Gasteiger charge is -2.35. The average molecular weight is 537 g/mol. The molecule has 2 aliphatic rings. The summed E-state index contributed by atoms with van der Waals surface area (Å²) in [6.07, 6.45) is -1.57. The fourth-order valence-electron chi connectivity index (χ4n) is 5.50. The molecule has 1 amide bonds. The zero-order valence-corrected chi connectivity index (χ0v) is 21.8. The summed E-state index contributed by atoms with van der Waals surface area (Å²) < 4.78 is 54.7. The minimum atomic E-state index is -4.19. The Morgan fingerprint density at radius 3 is 2.58 bits per heavy atom. The molecule has 38 heavy (non-hydrogen) atoms. The molecule has 4 rings (SSSR count). The smallest absolute Gasteiger partial charge is 0.348 e. The molecule has 6 nitrogen and oxygen atoms in total. The molecule has 3 heterocycles. The van der Waals surface area contributed by atoms with Crippen molar-refractivity contribution in [1.29, 1.82) is 0 Å². The van der Waals surface area contributed by atoms with E-state index in [1.807, 2.05) is 13.0 Å². The fraction of sp³-hybridized carbons (Fsp3) is 0.607. The fourth-order valence-corrected chi connectivity index (χ4v) is 5.50. The second-order valence-corrected chi connectivity index (χ2v) is 10.5. The number of halogens is 4. The molecule has 1 aliphatic carbocycles. The number of aryl methyl sites for hydroxylation is 1. The summed E-state index contributed by atoms with van der Waals surface area (Å²) in [5, 5.41) is 2.98. The van der Waals surface area contributed by atoms with Crippen molar-refractivity contribution >= 4 is 5.91 Å². The van der Waals surface area contributed by atoms with Gasteiger partial charge in [0, 0.05) is 62.5 Å². The van der Waals surface area contributed by atoms with E-state index in [1.165, 1.54) is 10.6 Å². The van der Waals surface area contributed by atoms with Crippen molar-refractivity contribution in [3.63, 3.8) is 0 Å².